The van der Waals surface area contributed by atoms with Gasteiger partial charge in [-0.1, -0.05) is 54.9 Å². The normalized spacial score (nSPS) is 24.1. The Labute approximate surface area is 129 Å². The van der Waals surface area contributed by atoms with Gasteiger partial charge in [-0.05, 0) is 11.6 Å². The molecule has 0 N–H and O–H groups in total. The molecule has 0 bridgehead atoms. The summed E-state index contributed by atoms with van der Waals surface area (Å²) in [4.78, 5) is 1.21. The maximum absolute atomic E-state index is 12.7. The molecule has 1 aromatic rings. The lowest BCUT2D eigenvalue weighted by Crippen LogP contribution is -2.15. The number of alkyl halides is 3. The maximum Gasteiger partial charge on any atom is 0.416 e. The third kappa shape index (κ3) is 2.74. The van der Waals surface area contributed by atoms with Gasteiger partial charge in [-0.15, -0.1) is 0 Å². The molecule has 0 spiro atoms. The topological polar surface area (TPSA) is 0 Å². The van der Waals surface area contributed by atoms with Crippen molar-refractivity contribution in [3.8, 4) is 0 Å². The third-order valence-corrected chi connectivity index (χ3v) is 5.23. The van der Waals surface area contributed by atoms with E-state index in [-0.39, 0.29) is 0 Å². The molecule has 1 aromatic carbocycles. The van der Waals surface area contributed by atoms with Gasteiger partial charge < -0.3 is 0 Å². The lowest BCUT2D eigenvalue weighted by molar-refractivity contribution is -0.137. The standard InChI is InChI=1S/C12H7F3S4/c13-12(14,15)6-3-1-2-5(4-6)7-8(16)10(18)11(19)9(7)17/h1-4,7-8,16H. The van der Waals surface area contributed by atoms with Crippen LogP contribution in [0.4, 0.5) is 13.2 Å². The SMILES string of the molecule is FC(F)(F)c1cccc(C2C(=S)C(=S)C(=S)C2S)c1. The van der Waals surface area contributed by atoms with E-state index in [9.17, 15) is 13.2 Å². The highest BCUT2D eigenvalue weighted by Gasteiger charge is 2.40. The van der Waals surface area contributed by atoms with Gasteiger partial charge in [0.1, 0.15) is 0 Å². The molecule has 19 heavy (non-hydrogen) atoms. The average Bonchev–Trinajstić information content (AvgIpc) is 2.53. The highest BCUT2D eigenvalue weighted by Crippen LogP contribution is 2.37. The van der Waals surface area contributed by atoms with Crippen LogP contribution in [-0.4, -0.2) is 19.8 Å². The average molecular weight is 336 g/mol. The fourth-order valence-corrected chi connectivity index (χ4v) is 3.52. The monoisotopic (exact) mass is 336 g/mol. The number of thiocarbonyl (C=S) groups is 3. The molecule has 100 valence electrons. The number of halogens is 3. The summed E-state index contributed by atoms with van der Waals surface area (Å²) in [7, 11) is 0. The van der Waals surface area contributed by atoms with E-state index in [0.29, 0.717) is 20.2 Å². The Morgan fingerprint density at radius 2 is 1.68 bits per heavy atom. The zero-order valence-corrected chi connectivity index (χ0v) is 12.6. The smallest absolute Gasteiger partial charge is 0.169 e. The molecule has 2 rings (SSSR count). The minimum atomic E-state index is -4.39. The van der Waals surface area contributed by atoms with E-state index in [0.717, 1.165) is 12.1 Å². The molecule has 1 aliphatic carbocycles. The Kier molecular flexibility index (Phi) is 4.11. The lowest BCUT2D eigenvalue weighted by Gasteiger charge is -2.16. The van der Waals surface area contributed by atoms with Crippen molar-refractivity contribution in [2.24, 2.45) is 0 Å². The second-order valence-corrected chi connectivity index (χ2v) is 5.95. The van der Waals surface area contributed by atoms with Gasteiger partial charge in [0, 0.05) is 15.6 Å². The summed E-state index contributed by atoms with van der Waals surface area (Å²) in [6.45, 7) is 0. The Morgan fingerprint density at radius 1 is 1.05 bits per heavy atom. The van der Waals surface area contributed by atoms with Gasteiger partial charge >= 0.3 is 6.18 Å². The van der Waals surface area contributed by atoms with Gasteiger partial charge in [0.25, 0.3) is 0 Å². The Bertz CT molecular complexity index is 577. The van der Waals surface area contributed by atoms with Crippen LogP contribution in [0.25, 0.3) is 0 Å². The van der Waals surface area contributed by atoms with Crippen LogP contribution in [0.2, 0.25) is 0 Å². The van der Waals surface area contributed by atoms with E-state index in [2.05, 4.69) is 12.6 Å². The van der Waals surface area contributed by atoms with Crippen molar-refractivity contribution in [2.45, 2.75) is 17.3 Å². The number of hydrogen-bond acceptors (Lipinski definition) is 4. The summed E-state index contributed by atoms with van der Waals surface area (Å²) in [6.07, 6.45) is -4.39. The van der Waals surface area contributed by atoms with E-state index < -0.39 is 22.9 Å². The van der Waals surface area contributed by atoms with Crippen molar-refractivity contribution in [1.29, 1.82) is 0 Å². The van der Waals surface area contributed by atoms with E-state index >= 15 is 0 Å². The summed E-state index contributed by atoms with van der Waals surface area (Å²) in [5.74, 6) is -0.458. The van der Waals surface area contributed by atoms with Crippen molar-refractivity contribution < 1.29 is 13.2 Å². The molecule has 2 unspecified atom stereocenters. The van der Waals surface area contributed by atoms with Crippen LogP contribution in [0.5, 0.6) is 0 Å². The molecule has 1 fully saturated rings. The van der Waals surface area contributed by atoms with E-state index in [1.54, 1.807) is 6.07 Å². The minimum absolute atomic E-state index is 0.368. The summed E-state index contributed by atoms with van der Waals surface area (Å²) in [5, 5.41) is -0.432. The van der Waals surface area contributed by atoms with Gasteiger partial charge in [0.2, 0.25) is 0 Å². The predicted molar refractivity (Wildman–Crippen MR) is 84.8 cm³/mol. The molecule has 0 aliphatic heterocycles. The first kappa shape index (κ1) is 15.0. The first-order chi connectivity index (χ1) is 8.73. The molecule has 0 saturated heterocycles. The van der Waals surface area contributed by atoms with Gasteiger partial charge in [0.05, 0.1) is 15.7 Å². The summed E-state index contributed by atoms with van der Waals surface area (Å²) < 4.78 is 38.1. The number of benzene rings is 1. The zero-order chi connectivity index (χ0) is 14.4. The van der Waals surface area contributed by atoms with Crippen LogP contribution >= 0.6 is 49.3 Å². The molecule has 1 aliphatic rings. The molecule has 0 amide bonds. The highest BCUT2D eigenvalue weighted by molar-refractivity contribution is 7.97. The molecular formula is C12H7F3S4. The maximum atomic E-state index is 12.7. The number of rotatable bonds is 1. The molecule has 0 heterocycles. The molecule has 1 saturated carbocycles. The van der Waals surface area contributed by atoms with Crippen LogP contribution in [0.3, 0.4) is 0 Å². The molecule has 0 nitrogen and oxygen atoms in total. The number of thiol groups is 1. The van der Waals surface area contributed by atoms with Crippen LogP contribution in [-0.2, 0) is 6.18 Å². The first-order valence-corrected chi connectivity index (χ1v) is 6.95. The Hall–Kier alpha value is -0.370. The quantitative estimate of drug-likeness (QED) is 0.603. The first-order valence-electron chi connectivity index (χ1n) is 5.21. The largest absolute Gasteiger partial charge is 0.416 e. The summed E-state index contributed by atoms with van der Waals surface area (Å²) in [5.41, 5.74) is -0.265. The molecule has 7 heteroatoms. The van der Waals surface area contributed by atoms with E-state index in [1.807, 2.05) is 0 Å². The zero-order valence-electron chi connectivity index (χ0n) is 9.27. The van der Waals surface area contributed by atoms with E-state index in [1.165, 1.54) is 6.07 Å². The Balaban J connectivity index is 2.46. The van der Waals surface area contributed by atoms with Crippen molar-refractivity contribution in [2.75, 3.05) is 0 Å². The number of hydrogen-bond donors (Lipinski definition) is 1. The van der Waals surface area contributed by atoms with E-state index in [4.69, 9.17) is 36.7 Å². The Morgan fingerprint density at radius 3 is 2.16 bits per heavy atom. The summed E-state index contributed by atoms with van der Waals surface area (Å²) in [6, 6.07) is 5.04. The second kappa shape index (κ2) is 5.20. The minimum Gasteiger partial charge on any atom is -0.169 e. The van der Waals surface area contributed by atoms with Gasteiger partial charge in [0.15, 0.2) is 0 Å². The van der Waals surface area contributed by atoms with Crippen molar-refractivity contribution in [3.63, 3.8) is 0 Å². The summed E-state index contributed by atoms with van der Waals surface area (Å²) >= 11 is 19.7. The third-order valence-electron chi connectivity index (χ3n) is 2.89. The molecule has 0 radical (unpaired) electrons. The van der Waals surface area contributed by atoms with Gasteiger partial charge in [-0.2, -0.15) is 25.8 Å². The highest BCUT2D eigenvalue weighted by atomic mass is 32.1. The van der Waals surface area contributed by atoms with Crippen LogP contribution in [0, 0.1) is 0 Å². The van der Waals surface area contributed by atoms with Crippen LogP contribution < -0.4 is 0 Å². The van der Waals surface area contributed by atoms with Gasteiger partial charge in [-0.3, -0.25) is 0 Å². The lowest BCUT2D eigenvalue weighted by atomic mass is 9.95. The molecule has 0 aromatic heterocycles. The molecule has 2 atom stereocenters. The van der Waals surface area contributed by atoms with Crippen molar-refractivity contribution >= 4 is 63.9 Å². The fourth-order valence-electron chi connectivity index (χ4n) is 1.93. The van der Waals surface area contributed by atoms with Crippen LogP contribution in [0.15, 0.2) is 24.3 Å². The second-order valence-electron chi connectivity index (χ2n) is 4.10. The molecular weight excluding hydrogens is 329 g/mol. The van der Waals surface area contributed by atoms with Crippen LogP contribution in [0.1, 0.15) is 17.0 Å². The predicted octanol–water partition coefficient (Wildman–Crippen LogP) is 4.21. The van der Waals surface area contributed by atoms with Crippen molar-refractivity contribution in [3.05, 3.63) is 35.4 Å². The van der Waals surface area contributed by atoms with Crippen molar-refractivity contribution in [1.82, 2.24) is 0 Å². The van der Waals surface area contributed by atoms with Gasteiger partial charge in [-0.25, -0.2) is 0 Å². The fraction of sp³-hybridized carbons (Fsp3) is 0.250.